The second kappa shape index (κ2) is 8.79. The van der Waals surface area contributed by atoms with Crippen molar-refractivity contribution in [3.05, 3.63) is 58.0 Å². The monoisotopic (exact) mass is 409 g/mol. The van der Waals surface area contributed by atoms with E-state index in [1.54, 1.807) is 16.5 Å². The highest BCUT2D eigenvalue weighted by molar-refractivity contribution is 5.92. The van der Waals surface area contributed by atoms with Crippen LogP contribution in [-0.2, 0) is 4.79 Å². The molecule has 4 rings (SSSR count). The Morgan fingerprint density at radius 3 is 2.27 bits per heavy atom. The first-order valence-electron chi connectivity index (χ1n) is 10.5. The van der Waals surface area contributed by atoms with E-state index in [-0.39, 0.29) is 22.9 Å². The van der Waals surface area contributed by atoms with E-state index in [2.05, 4.69) is 10.00 Å². The summed E-state index contributed by atoms with van der Waals surface area (Å²) in [5.41, 5.74) is 1.05. The fourth-order valence-electron chi connectivity index (χ4n) is 4.04. The van der Waals surface area contributed by atoms with Gasteiger partial charge in [-0.25, -0.2) is 4.68 Å². The second-order valence-corrected chi connectivity index (χ2v) is 7.90. The van der Waals surface area contributed by atoms with Crippen LogP contribution in [0.15, 0.2) is 41.2 Å². The minimum Gasteiger partial charge on any atom is -0.342 e. The summed E-state index contributed by atoms with van der Waals surface area (Å²) in [5.74, 6) is -0.187. The van der Waals surface area contributed by atoms with Gasteiger partial charge in [-0.1, -0.05) is 18.2 Å². The van der Waals surface area contributed by atoms with E-state index in [0.29, 0.717) is 38.4 Å². The van der Waals surface area contributed by atoms with Crippen molar-refractivity contribution in [2.75, 3.05) is 45.8 Å². The van der Waals surface area contributed by atoms with Crippen LogP contribution in [0, 0.1) is 6.92 Å². The van der Waals surface area contributed by atoms with Gasteiger partial charge in [-0.2, -0.15) is 5.10 Å². The SMILES string of the molecule is Cc1cc(=O)c(C(=O)N2CCN(CC(=O)N3CCCC3)CC2)nn1-c1ccccc1. The highest BCUT2D eigenvalue weighted by Crippen LogP contribution is 2.12. The largest absolute Gasteiger partial charge is 0.342 e. The van der Waals surface area contributed by atoms with Gasteiger partial charge in [0.05, 0.1) is 12.2 Å². The van der Waals surface area contributed by atoms with E-state index in [9.17, 15) is 14.4 Å². The molecule has 2 aliphatic rings. The average molecular weight is 409 g/mol. The molecule has 2 aromatic rings. The number of amides is 2. The predicted octanol–water partition coefficient (Wildman–Crippen LogP) is 0.921. The number of benzene rings is 1. The highest BCUT2D eigenvalue weighted by Gasteiger charge is 2.27. The van der Waals surface area contributed by atoms with E-state index in [1.165, 1.54) is 6.07 Å². The van der Waals surface area contributed by atoms with E-state index in [0.717, 1.165) is 31.6 Å². The third-order valence-corrected chi connectivity index (χ3v) is 5.79. The molecule has 0 N–H and O–H groups in total. The molecule has 8 nitrogen and oxygen atoms in total. The second-order valence-electron chi connectivity index (χ2n) is 7.90. The number of hydrogen-bond donors (Lipinski definition) is 0. The van der Waals surface area contributed by atoms with Crippen molar-refractivity contribution in [1.82, 2.24) is 24.5 Å². The Hall–Kier alpha value is -3.00. The molecule has 0 radical (unpaired) electrons. The third kappa shape index (κ3) is 4.28. The van der Waals surface area contributed by atoms with Crippen molar-refractivity contribution < 1.29 is 9.59 Å². The summed E-state index contributed by atoms with van der Waals surface area (Å²) in [5, 5.41) is 4.38. The minimum absolute atomic E-state index is 0.0638. The van der Waals surface area contributed by atoms with Gasteiger partial charge in [-0.3, -0.25) is 19.3 Å². The lowest BCUT2D eigenvalue weighted by Crippen LogP contribution is -2.52. The van der Waals surface area contributed by atoms with Gasteiger partial charge in [0.15, 0.2) is 5.69 Å². The highest BCUT2D eigenvalue weighted by atomic mass is 16.2. The smallest absolute Gasteiger partial charge is 0.278 e. The van der Waals surface area contributed by atoms with Crippen LogP contribution >= 0.6 is 0 Å². The van der Waals surface area contributed by atoms with Crippen LogP contribution in [-0.4, -0.2) is 82.1 Å². The molecule has 1 aromatic carbocycles. The van der Waals surface area contributed by atoms with E-state index >= 15 is 0 Å². The maximum Gasteiger partial charge on any atom is 0.278 e. The Labute approximate surface area is 175 Å². The standard InChI is InChI=1S/C22H27N5O3/c1-17-15-19(28)21(23-27(17)18-7-3-2-4-8-18)22(30)26-13-11-24(12-14-26)16-20(29)25-9-5-6-10-25/h2-4,7-8,15H,5-6,9-14,16H2,1H3. The Balaban J connectivity index is 1.43. The van der Waals surface area contributed by atoms with Crippen LogP contribution in [0.5, 0.6) is 0 Å². The Morgan fingerprint density at radius 1 is 0.933 bits per heavy atom. The summed E-state index contributed by atoms with van der Waals surface area (Å²) in [6.45, 7) is 6.08. The molecular weight excluding hydrogens is 382 g/mol. The van der Waals surface area contributed by atoms with Crippen molar-refractivity contribution in [2.24, 2.45) is 0 Å². The molecule has 1 aromatic heterocycles. The van der Waals surface area contributed by atoms with Gasteiger partial charge in [0.1, 0.15) is 0 Å². The van der Waals surface area contributed by atoms with Gasteiger partial charge in [-0.05, 0) is 31.9 Å². The fraction of sp³-hybridized carbons (Fsp3) is 0.455. The zero-order chi connectivity index (χ0) is 21.1. The minimum atomic E-state index is -0.365. The van der Waals surface area contributed by atoms with Crippen LogP contribution in [0.1, 0.15) is 29.0 Å². The molecule has 2 saturated heterocycles. The molecule has 2 aliphatic heterocycles. The van der Waals surface area contributed by atoms with Crippen LogP contribution in [0.25, 0.3) is 5.69 Å². The number of aryl methyl sites for hydroxylation is 1. The number of piperazine rings is 1. The lowest BCUT2D eigenvalue weighted by atomic mass is 10.2. The maximum absolute atomic E-state index is 13.0. The molecule has 2 fully saturated rings. The molecule has 3 heterocycles. The molecule has 158 valence electrons. The number of carbonyl (C=O) groups is 2. The van der Waals surface area contributed by atoms with Crippen molar-refractivity contribution in [1.29, 1.82) is 0 Å². The number of hydrogen-bond acceptors (Lipinski definition) is 5. The molecule has 0 aliphatic carbocycles. The quantitative estimate of drug-likeness (QED) is 0.751. The summed E-state index contributed by atoms with van der Waals surface area (Å²) >= 11 is 0. The van der Waals surface area contributed by atoms with Gasteiger partial charge in [0, 0.05) is 51.0 Å². The zero-order valence-corrected chi connectivity index (χ0v) is 17.3. The van der Waals surface area contributed by atoms with Gasteiger partial charge >= 0.3 is 0 Å². The first-order valence-corrected chi connectivity index (χ1v) is 10.5. The number of aromatic nitrogens is 2. The lowest BCUT2D eigenvalue weighted by Gasteiger charge is -2.34. The van der Waals surface area contributed by atoms with Crippen molar-refractivity contribution in [3.63, 3.8) is 0 Å². The molecule has 0 atom stereocenters. The van der Waals surface area contributed by atoms with E-state index in [1.807, 2.05) is 35.2 Å². The van der Waals surface area contributed by atoms with Crippen molar-refractivity contribution >= 4 is 11.8 Å². The van der Waals surface area contributed by atoms with Gasteiger partial charge < -0.3 is 9.80 Å². The van der Waals surface area contributed by atoms with E-state index < -0.39 is 0 Å². The Kier molecular flexibility index (Phi) is 5.94. The van der Waals surface area contributed by atoms with Crippen LogP contribution in [0.4, 0.5) is 0 Å². The molecule has 0 saturated carbocycles. The van der Waals surface area contributed by atoms with Crippen LogP contribution in [0.2, 0.25) is 0 Å². The summed E-state index contributed by atoms with van der Waals surface area (Å²) in [6.07, 6.45) is 2.16. The number of likely N-dealkylation sites (tertiary alicyclic amines) is 1. The number of carbonyl (C=O) groups excluding carboxylic acids is 2. The fourth-order valence-corrected chi connectivity index (χ4v) is 4.04. The summed E-state index contributed by atoms with van der Waals surface area (Å²) in [4.78, 5) is 43.5. The third-order valence-electron chi connectivity index (χ3n) is 5.79. The molecule has 0 bridgehead atoms. The maximum atomic E-state index is 13.0. The Morgan fingerprint density at radius 2 is 1.60 bits per heavy atom. The normalized spacial score (nSPS) is 17.4. The topological polar surface area (TPSA) is 78.8 Å². The first kappa shape index (κ1) is 20.3. The van der Waals surface area contributed by atoms with Gasteiger partial charge in [0.25, 0.3) is 5.91 Å². The zero-order valence-electron chi connectivity index (χ0n) is 17.3. The molecule has 8 heteroatoms. The van der Waals surface area contributed by atoms with Gasteiger partial charge in [0.2, 0.25) is 11.3 Å². The van der Waals surface area contributed by atoms with Crippen molar-refractivity contribution in [3.8, 4) is 5.69 Å². The number of nitrogens with zero attached hydrogens (tertiary/aromatic N) is 5. The summed E-state index contributed by atoms with van der Waals surface area (Å²) in [7, 11) is 0. The molecule has 30 heavy (non-hydrogen) atoms. The van der Waals surface area contributed by atoms with Crippen LogP contribution in [0.3, 0.4) is 0 Å². The van der Waals surface area contributed by atoms with Gasteiger partial charge in [-0.15, -0.1) is 0 Å². The summed E-state index contributed by atoms with van der Waals surface area (Å²) in [6, 6.07) is 10.9. The lowest BCUT2D eigenvalue weighted by molar-refractivity contribution is -0.131. The average Bonchev–Trinajstić information content (AvgIpc) is 3.30. The molecular formula is C22H27N5O3. The molecule has 0 unspecified atom stereocenters. The van der Waals surface area contributed by atoms with Crippen LogP contribution < -0.4 is 5.43 Å². The molecule has 2 amide bonds. The Bertz CT molecular complexity index is 974. The number of para-hydroxylation sites is 1. The molecule has 0 spiro atoms. The predicted molar refractivity (Wildman–Crippen MR) is 113 cm³/mol. The number of rotatable bonds is 4. The van der Waals surface area contributed by atoms with Crippen molar-refractivity contribution in [2.45, 2.75) is 19.8 Å². The van der Waals surface area contributed by atoms with E-state index in [4.69, 9.17) is 0 Å². The first-order chi connectivity index (χ1) is 14.5. The summed E-state index contributed by atoms with van der Waals surface area (Å²) < 4.78 is 1.62.